The molecule has 0 aromatic carbocycles. The molecule has 0 aliphatic carbocycles. The summed E-state index contributed by atoms with van der Waals surface area (Å²) in [7, 11) is -9.92. The summed E-state index contributed by atoms with van der Waals surface area (Å²) in [5.41, 5.74) is 0. The van der Waals surface area contributed by atoms with Gasteiger partial charge in [0.05, 0.1) is 26.4 Å². The van der Waals surface area contributed by atoms with E-state index < -0.39 is 97.5 Å². The molecule has 0 rings (SSSR count). The van der Waals surface area contributed by atoms with E-state index in [0.29, 0.717) is 25.7 Å². The van der Waals surface area contributed by atoms with Crippen molar-refractivity contribution in [2.24, 2.45) is 5.92 Å². The number of aliphatic hydroxyl groups excluding tert-OH is 1. The molecule has 0 saturated carbocycles. The molecule has 0 radical (unpaired) electrons. The highest BCUT2D eigenvalue weighted by Crippen LogP contribution is 2.45. The van der Waals surface area contributed by atoms with Crippen LogP contribution in [0.5, 0.6) is 0 Å². The molecule has 0 bridgehead atoms. The first-order valence-corrected chi connectivity index (χ1v) is 45.6. The summed E-state index contributed by atoms with van der Waals surface area (Å²) in [4.78, 5) is 73.1. The Kier molecular flexibility index (Phi) is 73.5. The number of carbonyl (C=O) groups excluding carboxylic acids is 4. The number of carbonyl (C=O) groups is 4. The van der Waals surface area contributed by atoms with Crippen LogP contribution in [0.3, 0.4) is 0 Å². The number of esters is 4. The van der Waals surface area contributed by atoms with Crippen LogP contribution in [0.4, 0.5) is 0 Å². The Hall–Kier alpha value is -1.94. The van der Waals surface area contributed by atoms with Gasteiger partial charge < -0.3 is 33.8 Å². The fourth-order valence-electron chi connectivity index (χ4n) is 12.8. The average molecular weight is 1480 g/mol. The molecule has 0 aromatic rings. The second kappa shape index (κ2) is 74.9. The number of hydrogen-bond acceptors (Lipinski definition) is 15. The third kappa shape index (κ3) is 76.1. The van der Waals surface area contributed by atoms with Gasteiger partial charge in [0.1, 0.15) is 19.3 Å². The third-order valence-corrected chi connectivity index (χ3v) is 21.2. The molecular weight excluding hydrogens is 1320 g/mol. The molecule has 101 heavy (non-hydrogen) atoms. The van der Waals surface area contributed by atoms with Crippen LogP contribution in [0, 0.1) is 5.92 Å². The molecule has 0 fully saturated rings. The first kappa shape index (κ1) is 99.1. The Morgan fingerprint density at radius 2 is 0.455 bits per heavy atom. The minimum absolute atomic E-state index is 0.107. The number of hydrogen-bond donors (Lipinski definition) is 3. The molecule has 3 N–H and O–H groups in total. The number of unbranched alkanes of at least 4 members (excludes halogenated alkanes) is 54. The Labute approximate surface area is 619 Å². The van der Waals surface area contributed by atoms with E-state index in [9.17, 15) is 43.2 Å². The van der Waals surface area contributed by atoms with Crippen LogP contribution < -0.4 is 0 Å². The van der Waals surface area contributed by atoms with E-state index in [2.05, 4.69) is 34.6 Å². The summed E-state index contributed by atoms with van der Waals surface area (Å²) in [5.74, 6) is -1.35. The number of rotatable bonds is 82. The fourth-order valence-corrected chi connectivity index (χ4v) is 14.3. The van der Waals surface area contributed by atoms with E-state index in [-0.39, 0.29) is 25.7 Å². The Bertz CT molecular complexity index is 1930. The molecule has 2 unspecified atom stereocenters. The lowest BCUT2D eigenvalue weighted by Crippen LogP contribution is -2.30. The number of phosphoric acid groups is 2. The lowest BCUT2D eigenvalue weighted by atomic mass is 10.0. The van der Waals surface area contributed by atoms with Gasteiger partial charge in [-0.05, 0) is 31.6 Å². The number of aliphatic hydroxyl groups is 1. The largest absolute Gasteiger partial charge is 0.472 e. The SMILES string of the molecule is CCCCCCCCCCCCCCCCCCCCC(=O)O[C@H](COC(=O)CCCCCCCCCCCCCCCCCCC)COP(=O)(O)OC[C@@H](O)COP(=O)(O)OC[C@@H](COC(=O)CCCCCCCCCCCCCCC)OC(=O)CCCCCCCCCCCCC(C)C. The second-order valence-corrected chi connectivity index (χ2v) is 32.9. The summed E-state index contributed by atoms with van der Waals surface area (Å²) in [6, 6.07) is 0. The smallest absolute Gasteiger partial charge is 0.462 e. The summed E-state index contributed by atoms with van der Waals surface area (Å²) < 4.78 is 68.8. The maximum Gasteiger partial charge on any atom is 0.472 e. The molecule has 0 aromatic heterocycles. The zero-order valence-corrected chi connectivity index (χ0v) is 67.8. The minimum Gasteiger partial charge on any atom is -0.462 e. The molecule has 0 saturated heterocycles. The Morgan fingerprint density at radius 1 is 0.267 bits per heavy atom. The Morgan fingerprint density at radius 3 is 0.673 bits per heavy atom. The van der Waals surface area contributed by atoms with E-state index in [1.54, 1.807) is 0 Å². The number of ether oxygens (including phenoxy) is 4. The van der Waals surface area contributed by atoms with Crippen LogP contribution in [0.25, 0.3) is 0 Å². The van der Waals surface area contributed by atoms with Crippen molar-refractivity contribution < 1.29 is 80.2 Å². The summed E-state index contributed by atoms with van der Waals surface area (Å²) in [6.07, 6.45) is 66.5. The lowest BCUT2D eigenvalue weighted by molar-refractivity contribution is -0.161. The predicted molar refractivity (Wildman–Crippen MR) is 414 cm³/mol. The lowest BCUT2D eigenvalue weighted by Gasteiger charge is -2.21. The highest BCUT2D eigenvalue weighted by atomic mass is 31.2. The van der Waals surface area contributed by atoms with Crippen molar-refractivity contribution in [1.29, 1.82) is 0 Å². The molecule has 0 spiro atoms. The van der Waals surface area contributed by atoms with Gasteiger partial charge >= 0.3 is 39.5 Å². The Balaban J connectivity index is 5.25. The molecule has 0 heterocycles. The van der Waals surface area contributed by atoms with Gasteiger partial charge in [-0.2, -0.15) is 0 Å². The maximum atomic E-state index is 13.1. The maximum absolute atomic E-state index is 13.1. The van der Waals surface area contributed by atoms with Gasteiger partial charge in [-0.25, -0.2) is 9.13 Å². The van der Waals surface area contributed by atoms with Crippen molar-refractivity contribution in [2.75, 3.05) is 39.6 Å². The van der Waals surface area contributed by atoms with Gasteiger partial charge in [0.15, 0.2) is 12.2 Å². The monoisotopic (exact) mass is 1480 g/mol. The predicted octanol–water partition coefficient (Wildman–Crippen LogP) is 24.8. The van der Waals surface area contributed by atoms with Crippen molar-refractivity contribution >= 4 is 39.5 Å². The summed E-state index contributed by atoms with van der Waals surface area (Å²) >= 11 is 0. The molecule has 0 aliphatic rings. The van der Waals surface area contributed by atoms with E-state index in [0.717, 1.165) is 95.8 Å². The normalized spacial score (nSPS) is 13.8. The molecule has 600 valence electrons. The van der Waals surface area contributed by atoms with E-state index in [4.69, 9.17) is 37.0 Å². The molecule has 0 aliphatic heterocycles. The first-order valence-electron chi connectivity index (χ1n) is 42.6. The zero-order chi connectivity index (χ0) is 74.1. The van der Waals surface area contributed by atoms with Crippen LogP contribution in [-0.4, -0.2) is 96.7 Å². The van der Waals surface area contributed by atoms with Gasteiger partial charge in [0.25, 0.3) is 0 Å². The summed E-state index contributed by atoms with van der Waals surface area (Å²) in [6.45, 7) is 7.34. The fraction of sp³-hybridized carbons (Fsp3) is 0.951. The standard InChI is InChI=1S/C82H160O17P2/c1-6-9-12-15-18-21-24-27-29-31-33-35-38-41-47-52-57-62-67-81(86)98-77(71-93-80(85)66-61-56-51-46-40-37-34-32-30-28-25-22-19-16-13-10-7-2)73-96-100(88,89)94-69-76(83)70-95-101(90,91)97-74-78(99-82(87)68-63-58-53-48-43-42-44-49-54-59-64-75(4)5)72-92-79(84)65-60-55-50-45-39-36-26-23-20-17-14-11-8-3/h75-78,83H,6-74H2,1-5H3,(H,88,89)(H,90,91)/t76-,77-,78-/m1/s1. The summed E-state index contributed by atoms with van der Waals surface area (Å²) in [5, 5.41) is 10.7. The van der Waals surface area contributed by atoms with Crippen molar-refractivity contribution in [3.05, 3.63) is 0 Å². The second-order valence-electron chi connectivity index (χ2n) is 30.0. The van der Waals surface area contributed by atoms with Crippen molar-refractivity contribution in [1.82, 2.24) is 0 Å². The van der Waals surface area contributed by atoms with Crippen LogP contribution in [0.1, 0.15) is 439 Å². The van der Waals surface area contributed by atoms with Crippen LogP contribution in [0.2, 0.25) is 0 Å². The molecule has 19 heteroatoms. The quantitative estimate of drug-likeness (QED) is 0.0222. The van der Waals surface area contributed by atoms with E-state index in [1.165, 1.54) is 263 Å². The van der Waals surface area contributed by atoms with Gasteiger partial charge in [0.2, 0.25) is 0 Å². The topological polar surface area (TPSA) is 237 Å². The average Bonchev–Trinajstić information content (AvgIpc) is 0.943. The van der Waals surface area contributed by atoms with Crippen molar-refractivity contribution in [2.45, 2.75) is 457 Å². The molecule has 5 atom stereocenters. The molecular formula is C82H160O17P2. The van der Waals surface area contributed by atoms with Gasteiger partial charge in [-0.1, -0.05) is 388 Å². The number of phosphoric ester groups is 2. The zero-order valence-electron chi connectivity index (χ0n) is 66.1. The highest BCUT2D eigenvalue weighted by molar-refractivity contribution is 7.47. The van der Waals surface area contributed by atoms with Crippen LogP contribution in [0.15, 0.2) is 0 Å². The van der Waals surface area contributed by atoms with Gasteiger partial charge in [-0.3, -0.25) is 37.3 Å². The van der Waals surface area contributed by atoms with Crippen LogP contribution >= 0.6 is 15.6 Å². The van der Waals surface area contributed by atoms with Crippen LogP contribution in [-0.2, 0) is 65.4 Å². The highest BCUT2D eigenvalue weighted by Gasteiger charge is 2.30. The van der Waals surface area contributed by atoms with Gasteiger partial charge in [0, 0.05) is 25.7 Å². The first-order chi connectivity index (χ1) is 49.0. The van der Waals surface area contributed by atoms with Gasteiger partial charge in [-0.15, -0.1) is 0 Å². The van der Waals surface area contributed by atoms with Crippen molar-refractivity contribution in [3.63, 3.8) is 0 Å². The third-order valence-electron chi connectivity index (χ3n) is 19.3. The molecule has 17 nitrogen and oxygen atoms in total. The minimum atomic E-state index is -4.96. The molecule has 0 amide bonds. The van der Waals surface area contributed by atoms with Crippen molar-refractivity contribution in [3.8, 4) is 0 Å². The van der Waals surface area contributed by atoms with E-state index >= 15 is 0 Å². The van der Waals surface area contributed by atoms with E-state index in [1.807, 2.05) is 0 Å².